The van der Waals surface area contributed by atoms with Crippen LogP contribution in [0.5, 0.6) is 0 Å². The van der Waals surface area contributed by atoms with E-state index < -0.39 is 0 Å². The third-order valence-corrected chi connectivity index (χ3v) is 4.71. The van der Waals surface area contributed by atoms with Gasteiger partial charge < -0.3 is 5.32 Å². The van der Waals surface area contributed by atoms with Crippen molar-refractivity contribution in [3.8, 4) is 6.07 Å². The summed E-state index contributed by atoms with van der Waals surface area (Å²) in [4.78, 5) is 17.7. The smallest absolute Gasteiger partial charge is 0.265 e. The Morgan fingerprint density at radius 1 is 1.11 bits per heavy atom. The first-order valence-electron chi connectivity index (χ1n) is 8.68. The third kappa shape index (κ3) is 2.72. The van der Waals surface area contributed by atoms with E-state index >= 15 is 0 Å². The number of hydrogen-bond donors (Lipinski definition) is 1. The lowest BCUT2D eigenvalue weighted by molar-refractivity contribution is 1.10. The molecule has 0 spiro atoms. The topological polar surface area (TPSA) is 70.2 Å². The average Bonchev–Trinajstić information content (AvgIpc) is 3.00. The van der Waals surface area contributed by atoms with Crippen molar-refractivity contribution in [2.75, 3.05) is 5.32 Å². The van der Waals surface area contributed by atoms with Gasteiger partial charge in [-0.3, -0.25) is 9.20 Å². The number of fused-ring (bicyclic) bond motifs is 3. The minimum Gasteiger partial charge on any atom is -0.361 e. The number of rotatable bonds is 2. The molecule has 5 nitrogen and oxygen atoms in total. The highest BCUT2D eigenvalue weighted by atomic mass is 16.1. The summed E-state index contributed by atoms with van der Waals surface area (Å²) < 4.78 is 1.52. The molecule has 2 heterocycles. The molecule has 0 saturated heterocycles. The molecule has 132 valence electrons. The highest BCUT2D eigenvalue weighted by Gasteiger charge is 2.15. The molecule has 0 fully saturated rings. The van der Waals surface area contributed by atoms with Gasteiger partial charge in [0.15, 0.2) is 5.65 Å². The van der Waals surface area contributed by atoms with Crippen molar-refractivity contribution < 1.29 is 0 Å². The molecule has 0 aliphatic rings. The zero-order chi connectivity index (χ0) is 19.1. The molecule has 4 rings (SSSR count). The van der Waals surface area contributed by atoms with Crippen LogP contribution < -0.4 is 16.1 Å². The van der Waals surface area contributed by atoms with E-state index in [0.717, 1.165) is 16.8 Å². The summed E-state index contributed by atoms with van der Waals surface area (Å²) in [6.07, 6.45) is 1.68. The van der Waals surface area contributed by atoms with Gasteiger partial charge in [0.05, 0.1) is 21.8 Å². The molecular weight excluding hydrogens is 336 g/mol. The Labute approximate surface area is 156 Å². The summed E-state index contributed by atoms with van der Waals surface area (Å²) in [7, 11) is 0. The number of nitrogens with one attached hydrogen (secondary N) is 1. The van der Waals surface area contributed by atoms with Crippen LogP contribution in [0.1, 0.15) is 22.3 Å². The molecule has 0 saturated carbocycles. The van der Waals surface area contributed by atoms with Crippen LogP contribution in [-0.4, -0.2) is 9.38 Å². The number of nitrogens with zero attached hydrogens (tertiary/aromatic N) is 3. The van der Waals surface area contributed by atoms with Gasteiger partial charge in [0.1, 0.15) is 6.07 Å². The summed E-state index contributed by atoms with van der Waals surface area (Å²) in [5, 5.41) is 13.3. The van der Waals surface area contributed by atoms with Gasteiger partial charge in [-0.25, -0.2) is 4.98 Å². The Morgan fingerprint density at radius 3 is 2.52 bits per heavy atom. The zero-order valence-corrected chi connectivity index (χ0v) is 15.4. The van der Waals surface area contributed by atoms with Crippen LogP contribution in [0.4, 0.5) is 5.69 Å². The fraction of sp³-hybridized carbons (Fsp3) is 0.136. The molecule has 0 bridgehead atoms. The second-order valence-electron chi connectivity index (χ2n) is 6.76. The first-order chi connectivity index (χ1) is 13.0. The van der Waals surface area contributed by atoms with E-state index in [0.29, 0.717) is 33.0 Å². The van der Waals surface area contributed by atoms with Crippen molar-refractivity contribution in [1.29, 1.82) is 5.26 Å². The van der Waals surface area contributed by atoms with E-state index in [1.54, 1.807) is 13.1 Å². The fourth-order valence-corrected chi connectivity index (χ4v) is 3.50. The zero-order valence-electron chi connectivity index (χ0n) is 15.4. The van der Waals surface area contributed by atoms with Crippen LogP contribution in [-0.2, 0) is 0 Å². The number of para-hydroxylation sites is 2. The van der Waals surface area contributed by atoms with E-state index in [-0.39, 0.29) is 5.56 Å². The molecule has 0 amide bonds. The second kappa shape index (κ2) is 6.26. The number of anilines is 1. The van der Waals surface area contributed by atoms with Crippen molar-refractivity contribution in [1.82, 2.24) is 9.38 Å². The van der Waals surface area contributed by atoms with Crippen molar-refractivity contribution in [2.24, 2.45) is 0 Å². The number of imidazole rings is 1. The SMILES string of the molecule is Cc1cc(C)cc(N/C=c2/c(C)c(C#N)c3nc4ccccc4n3c2=O)c1. The monoisotopic (exact) mass is 354 g/mol. The van der Waals surface area contributed by atoms with Gasteiger partial charge in [0.2, 0.25) is 0 Å². The van der Waals surface area contributed by atoms with Crippen LogP contribution in [0.25, 0.3) is 22.9 Å². The summed E-state index contributed by atoms with van der Waals surface area (Å²) >= 11 is 0. The van der Waals surface area contributed by atoms with E-state index in [4.69, 9.17) is 0 Å². The van der Waals surface area contributed by atoms with Gasteiger partial charge >= 0.3 is 0 Å². The molecule has 0 radical (unpaired) electrons. The van der Waals surface area contributed by atoms with E-state index in [1.807, 2.05) is 50.2 Å². The molecule has 5 heteroatoms. The highest BCUT2D eigenvalue weighted by Crippen LogP contribution is 2.18. The standard InChI is InChI=1S/C22H18N4O/c1-13-8-14(2)10-16(9-13)24-12-18-15(3)17(11-23)21-25-19-6-4-5-7-20(19)26(21)22(18)27/h4-10,12,24H,1-3H3/b18-12-. The quantitative estimate of drug-likeness (QED) is 0.600. The van der Waals surface area contributed by atoms with Crippen molar-refractivity contribution in [2.45, 2.75) is 20.8 Å². The second-order valence-corrected chi connectivity index (χ2v) is 6.76. The first-order valence-corrected chi connectivity index (χ1v) is 8.68. The van der Waals surface area contributed by atoms with Gasteiger partial charge in [-0.15, -0.1) is 0 Å². The molecule has 4 aromatic rings. The minimum atomic E-state index is -0.188. The predicted octanol–water partition coefficient (Wildman–Crippen LogP) is 3.21. The van der Waals surface area contributed by atoms with E-state index in [1.165, 1.54) is 4.40 Å². The Kier molecular flexibility index (Phi) is 3.89. The average molecular weight is 354 g/mol. The van der Waals surface area contributed by atoms with E-state index in [2.05, 4.69) is 22.4 Å². The van der Waals surface area contributed by atoms with Gasteiger partial charge in [0.25, 0.3) is 5.56 Å². The first kappa shape index (κ1) is 16.8. The normalized spacial score (nSPS) is 11.9. The van der Waals surface area contributed by atoms with Crippen LogP contribution in [0.3, 0.4) is 0 Å². The number of nitriles is 1. The van der Waals surface area contributed by atoms with Gasteiger partial charge in [0, 0.05) is 11.9 Å². The van der Waals surface area contributed by atoms with Gasteiger partial charge in [-0.2, -0.15) is 5.26 Å². The number of hydrogen-bond acceptors (Lipinski definition) is 4. The summed E-state index contributed by atoms with van der Waals surface area (Å²) in [6.45, 7) is 5.84. The molecule has 2 aromatic heterocycles. The van der Waals surface area contributed by atoms with Crippen LogP contribution in [0.15, 0.2) is 47.3 Å². The third-order valence-electron chi connectivity index (χ3n) is 4.71. The van der Waals surface area contributed by atoms with Gasteiger partial charge in [-0.05, 0) is 61.7 Å². The number of pyridine rings is 1. The Morgan fingerprint density at radius 2 is 1.81 bits per heavy atom. The summed E-state index contributed by atoms with van der Waals surface area (Å²) in [5.41, 5.74) is 5.84. The predicted molar refractivity (Wildman–Crippen MR) is 108 cm³/mol. The lowest BCUT2D eigenvalue weighted by atomic mass is 10.1. The molecule has 0 unspecified atom stereocenters. The molecule has 1 N–H and O–H groups in total. The Balaban J connectivity index is 2.02. The maximum Gasteiger partial charge on any atom is 0.265 e. The summed E-state index contributed by atoms with van der Waals surface area (Å²) in [5.74, 6) is 0. The molecule has 27 heavy (non-hydrogen) atoms. The molecule has 0 atom stereocenters. The lowest BCUT2D eigenvalue weighted by Gasteiger charge is -2.06. The van der Waals surface area contributed by atoms with Crippen molar-refractivity contribution in [3.63, 3.8) is 0 Å². The van der Waals surface area contributed by atoms with Crippen LogP contribution in [0.2, 0.25) is 0 Å². The van der Waals surface area contributed by atoms with Gasteiger partial charge in [-0.1, -0.05) is 18.2 Å². The van der Waals surface area contributed by atoms with Crippen LogP contribution >= 0.6 is 0 Å². The summed E-state index contributed by atoms with van der Waals surface area (Å²) in [6, 6.07) is 15.7. The molecular formula is C22H18N4O. The van der Waals surface area contributed by atoms with Crippen molar-refractivity contribution in [3.05, 3.63) is 80.3 Å². The fourth-order valence-electron chi connectivity index (χ4n) is 3.50. The lowest BCUT2D eigenvalue weighted by Crippen LogP contribution is -2.34. The molecule has 0 aliphatic heterocycles. The maximum absolute atomic E-state index is 13.2. The van der Waals surface area contributed by atoms with Crippen molar-refractivity contribution >= 4 is 28.6 Å². The number of aromatic nitrogens is 2. The molecule has 2 aromatic carbocycles. The molecule has 0 aliphatic carbocycles. The number of aryl methyl sites for hydroxylation is 2. The maximum atomic E-state index is 13.2. The Bertz CT molecular complexity index is 1340. The Hall–Kier alpha value is -3.65. The number of benzene rings is 2. The largest absolute Gasteiger partial charge is 0.361 e. The van der Waals surface area contributed by atoms with E-state index in [9.17, 15) is 10.1 Å². The highest BCUT2D eigenvalue weighted by molar-refractivity contribution is 5.82. The van der Waals surface area contributed by atoms with Crippen LogP contribution in [0, 0.1) is 32.1 Å². The minimum absolute atomic E-state index is 0.188.